The molecular weight excluding hydrogens is 308 g/mol. The zero-order valence-corrected chi connectivity index (χ0v) is 12.4. The maximum Gasteiger partial charge on any atom is 0.272 e. The van der Waals surface area contributed by atoms with Crippen LogP contribution in [0.5, 0.6) is 0 Å². The summed E-state index contributed by atoms with van der Waals surface area (Å²) in [6.07, 6.45) is 0. The second-order valence-electron chi connectivity index (χ2n) is 5.55. The summed E-state index contributed by atoms with van der Waals surface area (Å²) in [5.41, 5.74) is 7.06. The number of H-pyrrole nitrogens is 1. The highest BCUT2D eigenvalue weighted by atomic mass is 16.2. The van der Waals surface area contributed by atoms with Crippen molar-refractivity contribution in [3.8, 4) is 0 Å². The number of nitrogen functional groups attached to an aromatic ring is 1. The van der Waals surface area contributed by atoms with Gasteiger partial charge in [-0.05, 0) is 30.3 Å². The van der Waals surface area contributed by atoms with Gasteiger partial charge in [0.2, 0.25) is 0 Å². The summed E-state index contributed by atoms with van der Waals surface area (Å²) in [6.45, 7) is -0.0386. The molecule has 0 saturated heterocycles. The minimum absolute atomic E-state index is 0.0386. The summed E-state index contributed by atoms with van der Waals surface area (Å²) in [5, 5.41) is 7.33. The van der Waals surface area contributed by atoms with E-state index in [0.717, 1.165) is 4.90 Å². The van der Waals surface area contributed by atoms with E-state index in [4.69, 9.17) is 5.73 Å². The number of rotatable bonds is 2. The smallest absolute Gasteiger partial charge is 0.272 e. The quantitative estimate of drug-likeness (QED) is 0.546. The van der Waals surface area contributed by atoms with E-state index in [-0.39, 0.29) is 23.9 Å². The third-order valence-corrected chi connectivity index (χ3v) is 4.08. The molecule has 2 aromatic carbocycles. The van der Waals surface area contributed by atoms with Crippen molar-refractivity contribution in [1.29, 1.82) is 0 Å². The van der Waals surface area contributed by atoms with E-state index in [2.05, 4.69) is 10.2 Å². The molecule has 4 rings (SSSR count). The predicted molar refractivity (Wildman–Crippen MR) is 87.4 cm³/mol. The molecule has 7 heteroatoms. The zero-order valence-electron chi connectivity index (χ0n) is 12.4. The maximum absolute atomic E-state index is 12.5. The molecule has 1 aliphatic rings. The fraction of sp³-hybridized carbons (Fsp3) is 0.0588. The summed E-state index contributed by atoms with van der Waals surface area (Å²) >= 11 is 0. The highest BCUT2D eigenvalue weighted by Crippen LogP contribution is 2.25. The summed E-state index contributed by atoms with van der Waals surface area (Å²) < 4.78 is 0. The number of amides is 2. The van der Waals surface area contributed by atoms with Gasteiger partial charge in [-0.1, -0.05) is 12.1 Å². The number of fused-ring (bicyclic) bond motifs is 2. The van der Waals surface area contributed by atoms with Crippen molar-refractivity contribution in [1.82, 2.24) is 15.1 Å². The molecule has 0 radical (unpaired) electrons. The number of aromatic amines is 1. The topological polar surface area (TPSA) is 109 Å². The van der Waals surface area contributed by atoms with E-state index in [1.165, 1.54) is 0 Å². The van der Waals surface area contributed by atoms with Crippen LogP contribution in [0.4, 0.5) is 5.69 Å². The van der Waals surface area contributed by atoms with Crippen LogP contribution in [-0.4, -0.2) is 26.9 Å². The Morgan fingerprint density at radius 1 is 0.958 bits per heavy atom. The summed E-state index contributed by atoms with van der Waals surface area (Å²) in [7, 11) is 0. The first-order chi connectivity index (χ1) is 11.6. The molecule has 0 bridgehead atoms. The number of hydrogen-bond acceptors (Lipinski definition) is 5. The number of imide groups is 1. The lowest BCUT2D eigenvalue weighted by Gasteiger charge is -2.14. The van der Waals surface area contributed by atoms with Gasteiger partial charge in [0.1, 0.15) is 0 Å². The molecule has 2 amide bonds. The first kappa shape index (κ1) is 14.1. The van der Waals surface area contributed by atoms with Crippen molar-refractivity contribution < 1.29 is 9.59 Å². The van der Waals surface area contributed by atoms with Crippen LogP contribution >= 0.6 is 0 Å². The lowest BCUT2D eigenvalue weighted by Crippen LogP contribution is -2.30. The second kappa shape index (κ2) is 5.02. The summed E-state index contributed by atoms with van der Waals surface area (Å²) in [6, 6.07) is 11.5. The number of nitrogens with two attached hydrogens (primary N) is 1. The van der Waals surface area contributed by atoms with Crippen LogP contribution in [0.2, 0.25) is 0 Å². The fourth-order valence-electron chi connectivity index (χ4n) is 2.89. The monoisotopic (exact) mass is 320 g/mol. The first-order valence-electron chi connectivity index (χ1n) is 7.28. The third-order valence-electron chi connectivity index (χ3n) is 4.08. The van der Waals surface area contributed by atoms with Crippen LogP contribution in [0.3, 0.4) is 0 Å². The van der Waals surface area contributed by atoms with Crippen molar-refractivity contribution >= 4 is 28.3 Å². The third kappa shape index (κ3) is 1.98. The first-order valence-corrected chi connectivity index (χ1v) is 7.28. The Kier molecular flexibility index (Phi) is 2.96. The molecule has 1 aliphatic heterocycles. The van der Waals surface area contributed by atoms with Crippen molar-refractivity contribution in [2.45, 2.75) is 6.54 Å². The van der Waals surface area contributed by atoms with E-state index in [1.54, 1.807) is 42.5 Å². The Bertz CT molecular complexity index is 1040. The van der Waals surface area contributed by atoms with Crippen LogP contribution < -0.4 is 11.3 Å². The van der Waals surface area contributed by atoms with Crippen LogP contribution in [0.15, 0.2) is 47.3 Å². The van der Waals surface area contributed by atoms with Crippen molar-refractivity contribution in [3.63, 3.8) is 0 Å². The lowest BCUT2D eigenvalue weighted by molar-refractivity contribution is 0.0641. The molecule has 0 unspecified atom stereocenters. The number of carbonyl (C=O) groups excluding carboxylic acids is 2. The van der Waals surface area contributed by atoms with Crippen LogP contribution in [-0.2, 0) is 6.54 Å². The van der Waals surface area contributed by atoms with E-state index in [0.29, 0.717) is 33.3 Å². The van der Waals surface area contributed by atoms with E-state index in [9.17, 15) is 14.4 Å². The largest absolute Gasteiger partial charge is 0.399 e. The van der Waals surface area contributed by atoms with Gasteiger partial charge in [0.15, 0.2) is 0 Å². The Morgan fingerprint density at radius 2 is 1.62 bits per heavy atom. The molecule has 24 heavy (non-hydrogen) atoms. The van der Waals surface area contributed by atoms with Crippen molar-refractivity contribution in [2.75, 3.05) is 5.73 Å². The Morgan fingerprint density at radius 3 is 2.29 bits per heavy atom. The summed E-state index contributed by atoms with van der Waals surface area (Å²) in [4.78, 5) is 37.9. The molecule has 0 saturated carbocycles. The van der Waals surface area contributed by atoms with Gasteiger partial charge in [-0.15, -0.1) is 0 Å². The Hall–Kier alpha value is -3.48. The van der Waals surface area contributed by atoms with Gasteiger partial charge in [0, 0.05) is 11.1 Å². The average Bonchev–Trinajstić information content (AvgIpc) is 2.82. The van der Waals surface area contributed by atoms with E-state index in [1.807, 2.05) is 0 Å². The van der Waals surface area contributed by atoms with Crippen LogP contribution in [0.1, 0.15) is 26.4 Å². The SMILES string of the molecule is Nc1ccc2c(=O)[nH]nc(CN3C(=O)c4ccccc4C3=O)c2c1. The van der Waals surface area contributed by atoms with E-state index >= 15 is 0 Å². The van der Waals surface area contributed by atoms with Gasteiger partial charge in [-0.3, -0.25) is 19.3 Å². The predicted octanol–water partition coefficient (Wildman–Crippen LogP) is 1.30. The molecule has 3 aromatic rings. The highest BCUT2D eigenvalue weighted by Gasteiger charge is 2.35. The lowest BCUT2D eigenvalue weighted by atomic mass is 10.1. The van der Waals surface area contributed by atoms with Gasteiger partial charge in [-0.25, -0.2) is 5.10 Å². The van der Waals surface area contributed by atoms with Gasteiger partial charge in [-0.2, -0.15) is 5.10 Å². The minimum atomic E-state index is -0.374. The number of hydrogen-bond donors (Lipinski definition) is 2. The zero-order chi connectivity index (χ0) is 16.8. The van der Waals surface area contributed by atoms with Gasteiger partial charge >= 0.3 is 0 Å². The number of carbonyl (C=O) groups is 2. The Balaban J connectivity index is 1.80. The molecule has 3 N–H and O–H groups in total. The Labute approximate surface area is 135 Å². The van der Waals surface area contributed by atoms with Gasteiger partial charge < -0.3 is 5.73 Å². The molecule has 0 atom stereocenters. The van der Waals surface area contributed by atoms with Gasteiger partial charge in [0.05, 0.1) is 28.8 Å². The molecule has 7 nitrogen and oxygen atoms in total. The second-order valence-corrected chi connectivity index (χ2v) is 5.55. The highest BCUT2D eigenvalue weighted by molar-refractivity contribution is 6.21. The van der Waals surface area contributed by atoms with Gasteiger partial charge in [0.25, 0.3) is 17.4 Å². The number of benzene rings is 2. The average molecular weight is 320 g/mol. The van der Waals surface area contributed by atoms with Crippen molar-refractivity contribution in [3.05, 3.63) is 69.6 Å². The molecule has 0 aliphatic carbocycles. The number of nitrogens with zero attached hydrogens (tertiary/aromatic N) is 2. The normalized spacial score (nSPS) is 13.6. The number of nitrogens with one attached hydrogen (secondary N) is 1. The molecule has 0 spiro atoms. The number of aromatic nitrogens is 2. The number of anilines is 1. The molecule has 1 aromatic heterocycles. The molecule has 2 heterocycles. The minimum Gasteiger partial charge on any atom is -0.399 e. The fourth-order valence-corrected chi connectivity index (χ4v) is 2.89. The molecule has 0 fully saturated rings. The molecule has 118 valence electrons. The van der Waals surface area contributed by atoms with Crippen LogP contribution in [0, 0.1) is 0 Å². The summed E-state index contributed by atoms with van der Waals surface area (Å²) in [5.74, 6) is -0.749. The van der Waals surface area contributed by atoms with Crippen molar-refractivity contribution in [2.24, 2.45) is 0 Å². The molecular formula is C17H12N4O3. The standard InChI is InChI=1S/C17H12N4O3/c18-9-5-6-10-13(7-9)14(19-20-15(10)22)8-21-16(23)11-3-1-2-4-12(11)17(21)24/h1-7H,8,18H2,(H,20,22). The maximum atomic E-state index is 12.5. The van der Waals surface area contributed by atoms with E-state index < -0.39 is 0 Å². The van der Waals surface area contributed by atoms with Crippen LogP contribution in [0.25, 0.3) is 10.8 Å².